The van der Waals surface area contributed by atoms with Crippen molar-refractivity contribution in [1.82, 2.24) is 9.88 Å². The van der Waals surface area contributed by atoms with E-state index in [4.69, 9.17) is 0 Å². The second-order valence-corrected chi connectivity index (χ2v) is 4.77. The van der Waals surface area contributed by atoms with E-state index in [-0.39, 0.29) is 0 Å². The summed E-state index contributed by atoms with van der Waals surface area (Å²) in [6.45, 7) is 1.65. The third kappa shape index (κ3) is 4.47. The van der Waals surface area contributed by atoms with Gasteiger partial charge in [-0.15, -0.1) is 0 Å². The number of hydrogen-bond acceptors (Lipinski definition) is 3. The maximum atomic E-state index is 10.1. The number of aliphatic hydroxyl groups is 1. The van der Waals surface area contributed by atoms with Gasteiger partial charge in [0.15, 0.2) is 0 Å². The first-order valence-electron chi connectivity index (χ1n) is 6.57. The third-order valence-corrected chi connectivity index (χ3v) is 3.13. The van der Waals surface area contributed by atoms with Crippen molar-refractivity contribution in [3.05, 3.63) is 66.0 Å². The molecule has 0 aliphatic carbocycles. The Morgan fingerprint density at radius 2 is 1.84 bits per heavy atom. The number of aliphatic hydroxyl groups excluding tert-OH is 1. The first-order valence-corrected chi connectivity index (χ1v) is 6.57. The van der Waals surface area contributed by atoms with Gasteiger partial charge in [-0.25, -0.2) is 0 Å². The van der Waals surface area contributed by atoms with Crippen molar-refractivity contribution in [3.63, 3.8) is 0 Å². The molecular formula is C16H20N2O. The van der Waals surface area contributed by atoms with Gasteiger partial charge < -0.3 is 10.0 Å². The van der Waals surface area contributed by atoms with Gasteiger partial charge >= 0.3 is 0 Å². The smallest absolute Gasteiger partial charge is 0.0802 e. The molecule has 1 heterocycles. The van der Waals surface area contributed by atoms with Crippen LogP contribution in [-0.4, -0.2) is 28.6 Å². The summed E-state index contributed by atoms with van der Waals surface area (Å²) in [5, 5.41) is 10.1. The molecule has 0 amide bonds. The average Bonchev–Trinajstić information content (AvgIpc) is 2.47. The van der Waals surface area contributed by atoms with Gasteiger partial charge in [0, 0.05) is 19.3 Å². The monoisotopic (exact) mass is 256 g/mol. The highest BCUT2D eigenvalue weighted by Gasteiger charge is 2.08. The summed E-state index contributed by atoms with van der Waals surface area (Å²) in [5.74, 6) is 0. The lowest BCUT2D eigenvalue weighted by Crippen LogP contribution is -2.21. The van der Waals surface area contributed by atoms with E-state index in [1.165, 1.54) is 0 Å². The van der Waals surface area contributed by atoms with Crippen LogP contribution in [0.2, 0.25) is 0 Å². The van der Waals surface area contributed by atoms with Crippen molar-refractivity contribution < 1.29 is 5.11 Å². The maximum Gasteiger partial charge on any atom is 0.0802 e. The summed E-state index contributed by atoms with van der Waals surface area (Å²) in [4.78, 5) is 6.47. The molecule has 3 heteroatoms. The highest BCUT2D eigenvalue weighted by Crippen LogP contribution is 2.16. The third-order valence-electron chi connectivity index (χ3n) is 3.13. The lowest BCUT2D eigenvalue weighted by atomic mass is 10.1. The minimum atomic E-state index is -0.396. The molecule has 1 unspecified atom stereocenters. The van der Waals surface area contributed by atoms with Crippen LogP contribution in [0.4, 0.5) is 0 Å². The van der Waals surface area contributed by atoms with E-state index in [0.29, 0.717) is 0 Å². The van der Waals surface area contributed by atoms with Gasteiger partial charge in [0.25, 0.3) is 0 Å². The van der Waals surface area contributed by atoms with Crippen molar-refractivity contribution >= 4 is 0 Å². The van der Waals surface area contributed by atoms with Crippen molar-refractivity contribution in [2.24, 2.45) is 0 Å². The Morgan fingerprint density at radius 1 is 1.11 bits per heavy atom. The number of pyridine rings is 1. The van der Waals surface area contributed by atoms with E-state index in [1.807, 2.05) is 61.8 Å². The van der Waals surface area contributed by atoms with Gasteiger partial charge in [-0.05, 0) is 31.2 Å². The van der Waals surface area contributed by atoms with Crippen LogP contribution in [-0.2, 0) is 6.54 Å². The zero-order chi connectivity index (χ0) is 13.5. The molecule has 1 aromatic carbocycles. The lowest BCUT2D eigenvalue weighted by Gasteiger charge is -2.18. The van der Waals surface area contributed by atoms with E-state index in [9.17, 15) is 5.11 Å². The molecule has 1 aromatic heterocycles. The second-order valence-electron chi connectivity index (χ2n) is 4.77. The van der Waals surface area contributed by atoms with Gasteiger partial charge in [-0.3, -0.25) is 4.98 Å². The van der Waals surface area contributed by atoms with E-state index in [2.05, 4.69) is 9.88 Å². The van der Waals surface area contributed by atoms with Crippen LogP contribution in [0.15, 0.2) is 54.7 Å². The van der Waals surface area contributed by atoms with Crippen molar-refractivity contribution in [2.75, 3.05) is 13.6 Å². The average molecular weight is 256 g/mol. The summed E-state index contributed by atoms with van der Waals surface area (Å²) < 4.78 is 0. The first-order chi connectivity index (χ1) is 9.25. The number of hydrogen-bond donors (Lipinski definition) is 1. The van der Waals surface area contributed by atoms with E-state index in [1.54, 1.807) is 0 Å². The predicted molar refractivity (Wildman–Crippen MR) is 76.6 cm³/mol. The van der Waals surface area contributed by atoms with Gasteiger partial charge in [0.1, 0.15) is 0 Å². The summed E-state index contributed by atoms with van der Waals surface area (Å²) in [6.07, 6.45) is 2.14. The Morgan fingerprint density at radius 3 is 2.53 bits per heavy atom. The quantitative estimate of drug-likeness (QED) is 0.863. The number of rotatable bonds is 6. The van der Waals surface area contributed by atoms with Crippen molar-refractivity contribution in [1.29, 1.82) is 0 Å². The Labute approximate surface area is 114 Å². The van der Waals surface area contributed by atoms with E-state index in [0.717, 1.165) is 30.8 Å². The number of nitrogens with zero attached hydrogens (tertiary/aromatic N) is 2. The first kappa shape index (κ1) is 13.7. The molecule has 0 saturated carbocycles. The molecule has 0 saturated heterocycles. The molecule has 19 heavy (non-hydrogen) atoms. The largest absolute Gasteiger partial charge is 0.388 e. The molecule has 0 spiro atoms. The van der Waals surface area contributed by atoms with Gasteiger partial charge in [0.05, 0.1) is 11.8 Å². The summed E-state index contributed by atoms with van der Waals surface area (Å²) in [6, 6.07) is 15.7. The Hall–Kier alpha value is -1.71. The topological polar surface area (TPSA) is 36.4 Å². The van der Waals surface area contributed by atoms with Gasteiger partial charge in [-0.2, -0.15) is 0 Å². The Bertz CT molecular complexity index is 473. The Kier molecular flexibility index (Phi) is 5.07. The van der Waals surface area contributed by atoms with Crippen LogP contribution in [0.1, 0.15) is 23.8 Å². The molecule has 0 aliphatic heterocycles. The number of aromatic nitrogens is 1. The molecule has 1 N–H and O–H groups in total. The van der Waals surface area contributed by atoms with Crippen LogP contribution < -0.4 is 0 Å². The van der Waals surface area contributed by atoms with Crippen LogP contribution in [0.5, 0.6) is 0 Å². The van der Waals surface area contributed by atoms with Gasteiger partial charge in [0.2, 0.25) is 0 Å². The fourth-order valence-electron chi connectivity index (χ4n) is 2.03. The highest BCUT2D eigenvalue weighted by molar-refractivity contribution is 5.17. The summed E-state index contributed by atoms with van der Waals surface area (Å²) in [7, 11) is 2.05. The zero-order valence-electron chi connectivity index (χ0n) is 11.2. The number of benzene rings is 1. The molecule has 0 fully saturated rings. The van der Waals surface area contributed by atoms with E-state index >= 15 is 0 Å². The molecule has 0 bridgehead atoms. The van der Waals surface area contributed by atoms with Crippen LogP contribution in [0.25, 0.3) is 0 Å². The fourth-order valence-corrected chi connectivity index (χ4v) is 2.03. The van der Waals surface area contributed by atoms with Crippen LogP contribution in [0.3, 0.4) is 0 Å². The van der Waals surface area contributed by atoms with Crippen molar-refractivity contribution in [2.45, 2.75) is 19.1 Å². The van der Waals surface area contributed by atoms with Gasteiger partial charge in [-0.1, -0.05) is 36.4 Å². The normalized spacial score (nSPS) is 12.6. The molecule has 0 aliphatic rings. The predicted octanol–water partition coefficient (Wildman–Crippen LogP) is 2.64. The summed E-state index contributed by atoms with van der Waals surface area (Å²) >= 11 is 0. The standard InChI is InChI=1S/C16H20N2O/c1-18(13-15-9-5-6-11-17-15)12-10-16(19)14-7-3-2-4-8-14/h2-9,11,16,19H,10,12-13H2,1H3. The maximum absolute atomic E-state index is 10.1. The molecule has 3 nitrogen and oxygen atoms in total. The molecule has 2 aromatic rings. The Balaban J connectivity index is 1.79. The zero-order valence-corrected chi connectivity index (χ0v) is 11.2. The molecule has 1 atom stereocenters. The SMILES string of the molecule is CN(CCC(O)c1ccccc1)Cc1ccccn1. The van der Waals surface area contributed by atoms with Crippen LogP contribution >= 0.6 is 0 Å². The molecule has 2 rings (SSSR count). The highest BCUT2D eigenvalue weighted by atomic mass is 16.3. The summed E-state index contributed by atoms with van der Waals surface area (Å²) in [5.41, 5.74) is 2.04. The molecule has 100 valence electrons. The fraction of sp³-hybridized carbons (Fsp3) is 0.312. The minimum absolute atomic E-state index is 0.396. The van der Waals surface area contributed by atoms with Crippen molar-refractivity contribution in [3.8, 4) is 0 Å². The second kappa shape index (κ2) is 7.02. The lowest BCUT2D eigenvalue weighted by molar-refractivity contribution is 0.147. The molecule has 0 radical (unpaired) electrons. The van der Waals surface area contributed by atoms with Crippen LogP contribution in [0, 0.1) is 0 Å². The van der Waals surface area contributed by atoms with E-state index < -0.39 is 6.10 Å². The minimum Gasteiger partial charge on any atom is -0.388 e. The molecular weight excluding hydrogens is 236 g/mol.